The maximum Gasteiger partial charge on any atom is 0.224 e. The monoisotopic (exact) mass is 442 g/mol. The first-order valence-corrected chi connectivity index (χ1v) is 11.3. The van der Waals surface area contributed by atoms with Gasteiger partial charge in [-0.3, -0.25) is 4.98 Å². The molecule has 0 amide bonds. The summed E-state index contributed by atoms with van der Waals surface area (Å²) in [7, 11) is 1.65. The number of aliphatic hydroxyl groups excluding tert-OH is 2. The molecule has 0 unspecified atom stereocenters. The summed E-state index contributed by atoms with van der Waals surface area (Å²) < 4.78 is 6.19. The number of aromatic nitrogens is 4. The highest BCUT2D eigenvalue weighted by Gasteiger charge is 2.51. The first-order valence-electron chi connectivity index (χ1n) is 10.4. The molecule has 31 heavy (non-hydrogen) atoms. The molecule has 2 aliphatic rings. The average molecular weight is 443 g/mol. The fourth-order valence-corrected chi connectivity index (χ4v) is 5.78. The molecular weight excluding hydrogens is 416 g/mol. The predicted molar refractivity (Wildman–Crippen MR) is 120 cm³/mol. The zero-order valence-corrected chi connectivity index (χ0v) is 18.6. The molecule has 3 aromatic rings. The van der Waals surface area contributed by atoms with Crippen molar-refractivity contribution in [2.75, 3.05) is 37.0 Å². The molecule has 1 saturated heterocycles. The van der Waals surface area contributed by atoms with Gasteiger partial charge >= 0.3 is 0 Å². The normalized spacial score (nSPS) is 25.0. The van der Waals surface area contributed by atoms with Crippen molar-refractivity contribution >= 4 is 33.3 Å². The Bertz CT molecular complexity index is 1120. The summed E-state index contributed by atoms with van der Waals surface area (Å²) >= 11 is 1.59. The highest BCUT2D eigenvalue weighted by atomic mass is 32.1. The van der Waals surface area contributed by atoms with Crippen LogP contribution in [0.5, 0.6) is 0 Å². The molecule has 1 aliphatic heterocycles. The molecule has 3 aromatic heterocycles. The number of thiazole rings is 1. The van der Waals surface area contributed by atoms with Gasteiger partial charge in [0, 0.05) is 32.3 Å². The molecule has 1 aliphatic carbocycles. The number of fused-ring (bicyclic) bond motifs is 3. The molecule has 1 saturated carbocycles. The van der Waals surface area contributed by atoms with Crippen molar-refractivity contribution in [1.82, 2.24) is 19.9 Å². The maximum atomic E-state index is 10.6. The molecule has 0 aromatic carbocycles. The minimum Gasteiger partial charge on any atom is -0.390 e. The van der Waals surface area contributed by atoms with Crippen molar-refractivity contribution in [2.45, 2.75) is 38.5 Å². The van der Waals surface area contributed by atoms with E-state index in [-0.39, 0.29) is 12.0 Å². The molecule has 4 atom stereocenters. The van der Waals surface area contributed by atoms with Crippen LogP contribution in [-0.2, 0) is 4.74 Å². The van der Waals surface area contributed by atoms with Crippen LogP contribution in [0.25, 0.3) is 20.8 Å². The molecule has 2 fully saturated rings. The molecule has 10 heteroatoms. The lowest BCUT2D eigenvalue weighted by Gasteiger charge is -2.35. The second-order valence-electron chi connectivity index (χ2n) is 8.21. The average Bonchev–Trinajstić information content (AvgIpc) is 3.43. The van der Waals surface area contributed by atoms with Gasteiger partial charge in [0.1, 0.15) is 22.4 Å². The summed E-state index contributed by atoms with van der Waals surface area (Å²) in [4.78, 5) is 20.9. The van der Waals surface area contributed by atoms with Gasteiger partial charge in [-0.1, -0.05) is 0 Å². The van der Waals surface area contributed by atoms with Crippen molar-refractivity contribution in [3.8, 4) is 10.6 Å². The van der Waals surface area contributed by atoms with Crippen LogP contribution in [0.4, 0.5) is 11.8 Å². The minimum absolute atomic E-state index is 0.0369. The predicted octanol–water partition coefficient (Wildman–Crippen LogP) is 1.75. The van der Waals surface area contributed by atoms with Gasteiger partial charge in [0.05, 0.1) is 40.4 Å². The molecule has 3 N–H and O–H groups in total. The zero-order chi connectivity index (χ0) is 21.7. The van der Waals surface area contributed by atoms with E-state index in [0.717, 1.165) is 44.4 Å². The molecular formula is C21H26N6O3S. The number of methoxy groups -OCH3 is 1. The third-order valence-corrected chi connectivity index (χ3v) is 7.28. The van der Waals surface area contributed by atoms with E-state index in [1.165, 1.54) is 0 Å². The van der Waals surface area contributed by atoms with Crippen LogP contribution >= 0.6 is 11.3 Å². The number of ether oxygens (including phenoxy) is 1. The number of hydrogen-bond acceptors (Lipinski definition) is 10. The van der Waals surface area contributed by atoms with E-state index in [4.69, 9.17) is 14.7 Å². The molecule has 5 rings (SSSR count). The summed E-state index contributed by atoms with van der Waals surface area (Å²) in [6.07, 6.45) is 1.08. The van der Waals surface area contributed by atoms with Crippen molar-refractivity contribution in [3.63, 3.8) is 0 Å². The Morgan fingerprint density at radius 2 is 2.03 bits per heavy atom. The molecule has 0 spiro atoms. The number of aryl methyl sites for hydroxylation is 2. The Kier molecular flexibility index (Phi) is 5.25. The SMILES string of the molecule is COCCNc1nc(C)c(-c2nc3c(C)nccc3s2)c(N2C[C@H]3C[C@@H]2[C@H](O)[C@@H]3O)n1. The van der Waals surface area contributed by atoms with Crippen molar-refractivity contribution < 1.29 is 14.9 Å². The number of anilines is 2. The summed E-state index contributed by atoms with van der Waals surface area (Å²) in [5.41, 5.74) is 3.45. The third kappa shape index (κ3) is 3.43. The van der Waals surface area contributed by atoms with E-state index in [1.807, 2.05) is 19.9 Å². The lowest BCUT2D eigenvalue weighted by molar-refractivity contribution is 0.00290. The standard InChI is InChI=1S/C21H26N6O3S/c1-10-15(20-25-16-11(2)22-5-4-14(16)31-20)19(26-21(24-10)23-6-7-30-3)27-9-12-8-13(27)18(29)17(12)28/h4-5,12-13,17-18,28-29H,6-9H2,1-3H3,(H,23,24,26)/t12-,13-,17-,18+/m1/s1. The largest absolute Gasteiger partial charge is 0.390 e. The van der Waals surface area contributed by atoms with Gasteiger partial charge < -0.3 is 25.2 Å². The Labute approximate surface area is 184 Å². The number of aliphatic hydroxyl groups is 2. The van der Waals surface area contributed by atoms with Crippen molar-refractivity contribution in [2.24, 2.45) is 5.92 Å². The fraction of sp³-hybridized carbons (Fsp3) is 0.524. The van der Waals surface area contributed by atoms with Crippen LogP contribution < -0.4 is 10.2 Å². The highest BCUT2D eigenvalue weighted by molar-refractivity contribution is 7.21. The lowest BCUT2D eigenvalue weighted by Crippen LogP contribution is -2.49. The van der Waals surface area contributed by atoms with E-state index < -0.39 is 12.2 Å². The molecule has 2 bridgehead atoms. The number of nitrogens with one attached hydrogen (secondary N) is 1. The number of rotatable bonds is 6. The van der Waals surface area contributed by atoms with E-state index in [0.29, 0.717) is 25.6 Å². The van der Waals surface area contributed by atoms with Crippen molar-refractivity contribution in [3.05, 3.63) is 23.7 Å². The summed E-state index contributed by atoms with van der Waals surface area (Å²) in [6.45, 7) is 5.70. The number of hydrogen-bond donors (Lipinski definition) is 3. The Hall–Kier alpha value is -2.40. The van der Waals surface area contributed by atoms with Crippen LogP contribution in [-0.4, -0.2) is 75.2 Å². The van der Waals surface area contributed by atoms with Gasteiger partial charge in [-0.15, -0.1) is 11.3 Å². The Balaban J connectivity index is 1.62. The zero-order valence-electron chi connectivity index (χ0n) is 17.7. The first-order chi connectivity index (χ1) is 15.0. The lowest BCUT2D eigenvalue weighted by atomic mass is 10.0. The second kappa shape index (κ2) is 7.94. The van der Waals surface area contributed by atoms with E-state index in [1.54, 1.807) is 24.6 Å². The minimum atomic E-state index is -0.784. The van der Waals surface area contributed by atoms with E-state index in [9.17, 15) is 10.2 Å². The Morgan fingerprint density at radius 3 is 2.74 bits per heavy atom. The smallest absolute Gasteiger partial charge is 0.224 e. The van der Waals surface area contributed by atoms with Crippen LogP contribution in [0.2, 0.25) is 0 Å². The van der Waals surface area contributed by atoms with Gasteiger partial charge in [0.25, 0.3) is 0 Å². The van der Waals surface area contributed by atoms with Gasteiger partial charge in [-0.25, -0.2) is 9.97 Å². The number of nitrogens with zero attached hydrogens (tertiary/aromatic N) is 5. The summed E-state index contributed by atoms with van der Waals surface area (Å²) in [5, 5.41) is 24.9. The van der Waals surface area contributed by atoms with Gasteiger partial charge in [-0.2, -0.15) is 4.98 Å². The second-order valence-corrected chi connectivity index (χ2v) is 9.24. The van der Waals surface area contributed by atoms with E-state index >= 15 is 0 Å². The first kappa shape index (κ1) is 20.5. The van der Waals surface area contributed by atoms with Gasteiger partial charge in [-0.05, 0) is 26.3 Å². The van der Waals surface area contributed by atoms with Gasteiger partial charge in [0.15, 0.2) is 0 Å². The van der Waals surface area contributed by atoms with Crippen LogP contribution in [0.15, 0.2) is 12.3 Å². The van der Waals surface area contributed by atoms with Crippen molar-refractivity contribution in [1.29, 1.82) is 0 Å². The molecule has 0 radical (unpaired) electrons. The fourth-order valence-electron chi connectivity index (χ4n) is 4.67. The third-order valence-electron chi connectivity index (χ3n) is 6.24. The van der Waals surface area contributed by atoms with Crippen LogP contribution in [0.1, 0.15) is 17.8 Å². The number of pyridine rings is 1. The van der Waals surface area contributed by atoms with Crippen LogP contribution in [0.3, 0.4) is 0 Å². The van der Waals surface area contributed by atoms with Crippen LogP contribution in [0, 0.1) is 19.8 Å². The topological polar surface area (TPSA) is 117 Å². The van der Waals surface area contributed by atoms with Gasteiger partial charge in [0.2, 0.25) is 5.95 Å². The summed E-state index contributed by atoms with van der Waals surface area (Å²) in [6, 6.07) is 1.80. The number of piperidine rings is 1. The Morgan fingerprint density at radius 1 is 1.19 bits per heavy atom. The van der Waals surface area contributed by atoms with E-state index in [2.05, 4.69) is 20.2 Å². The summed E-state index contributed by atoms with van der Waals surface area (Å²) in [5.74, 6) is 1.30. The molecule has 4 heterocycles. The molecule has 9 nitrogen and oxygen atoms in total. The highest BCUT2D eigenvalue weighted by Crippen LogP contribution is 2.45. The quantitative estimate of drug-likeness (QED) is 0.491. The molecule has 164 valence electrons. The maximum absolute atomic E-state index is 10.6.